The molecule has 3 aliphatic heterocycles. The molecule has 0 N–H and O–H groups in total. The van der Waals surface area contributed by atoms with Crippen LogP contribution in [0.5, 0.6) is 0 Å². The molecule has 0 aliphatic carbocycles. The largest absolute Gasteiger partial charge is 0.483 e. The zero-order valence-electron chi connectivity index (χ0n) is 42.1. The summed E-state index contributed by atoms with van der Waals surface area (Å²) < 4.78 is 36.5. The summed E-state index contributed by atoms with van der Waals surface area (Å²) in [6.45, 7) is 31.2. The zero-order valence-corrected chi connectivity index (χ0v) is 42.1. The van der Waals surface area contributed by atoms with E-state index >= 15 is 0 Å². The normalized spacial score (nSPS) is 23.4. The van der Waals surface area contributed by atoms with Crippen molar-refractivity contribution in [2.45, 2.75) is 214 Å². The number of carbonyl (C=O) groups is 3. The van der Waals surface area contributed by atoms with Crippen molar-refractivity contribution in [2.24, 2.45) is 0 Å². The Morgan fingerprint density at radius 3 is 0.810 bits per heavy atom. The quantitative estimate of drug-likeness (QED) is 0.0723. The van der Waals surface area contributed by atoms with Crippen LogP contribution >= 0.6 is 0 Å². The number of likely N-dealkylation sites (tertiary alicyclic amines) is 3. The molecule has 63 heavy (non-hydrogen) atoms. The molecule has 1 aromatic carbocycles. The summed E-state index contributed by atoms with van der Waals surface area (Å²) in [5.41, 5.74) is 1.12. The number of nitrogens with zero attached hydrogens (tertiary/aromatic N) is 3. The minimum Gasteiger partial charge on any atom is -0.483 e. The molecule has 3 aliphatic rings. The zero-order chi connectivity index (χ0) is 47.5. The van der Waals surface area contributed by atoms with Crippen LogP contribution in [-0.4, -0.2) is 105 Å². The van der Waals surface area contributed by atoms with Crippen LogP contribution < -0.4 is 0 Å². The van der Waals surface area contributed by atoms with E-state index in [1.165, 1.54) is 0 Å². The molecule has 0 radical (unpaired) electrons. The van der Waals surface area contributed by atoms with E-state index in [9.17, 15) is 14.4 Å². The number of carbonyl (C=O) groups excluding carboxylic acids is 3. The Hall–Kier alpha value is -3.87. The molecule has 3 fully saturated rings. The molecule has 1 aromatic rings. The van der Waals surface area contributed by atoms with Gasteiger partial charge < -0.3 is 28.4 Å². The summed E-state index contributed by atoms with van der Waals surface area (Å²) in [5.74, 6) is -1.28. The molecule has 3 saturated heterocycles. The first-order chi connectivity index (χ1) is 29.0. The molecular weight excluding hydrogens is 799 g/mol. The molecule has 12 nitrogen and oxygen atoms in total. The highest BCUT2D eigenvalue weighted by atomic mass is 16.6. The van der Waals surface area contributed by atoms with Crippen LogP contribution in [0.25, 0.3) is 0 Å². The number of esters is 3. The van der Waals surface area contributed by atoms with Gasteiger partial charge in [0.25, 0.3) is 0 Å². The standard InChI is InChI=1S/C51H81N3O9/c1-19-40(61-37-25-46(4,5)52(16)47(6,7)26-37)43(55)58-31-34-22-35(32-59-44(56)41(20-2)62-38-27-48(8,9)53(17)49(10,11)28-38)24-36(23-34)33-60-45(57)42(21-3)63-39-29-50(12,13)54(18)51(14,15)30-39/h19-24,37-39H,25-33H2,1-18H3. The monoisotopic (exact) mass is 880 g/mol. The van der Waals surface area contributed by atoms with E-state index in [1.807, 2.05) is 18.2 Å². The van der Waals surface area contributed by atoms with E-state index in [-0.39, 0.29) is 88.6 Å². The minimum absolute atomic E-state index is 0.0947. The molecule has 0 bridgehead atoms. The van der Waals surface area contributed by atoms with E-state index in [4.69, 9.17) is 28.4 Å². The third kappa shape index (κ3) is 12.9. The summed E-state index contributed by atoms with van der Waals surface area (Å²) in [5, 5.41) is 0. The minimum atomic E-state index is -0.581. The molecule has 12 heteroatoms. The first-order valence-electron chi connectivity index (χ1n) is 22.8. The van der Waals surface area contributed by atoms with E-state index < -0.39 is 17.9 Å². The summed E-state index contributed by atoms with van der Waals surface area (Å²) in [6, 6.07) is 5.44. The average molecular weight is 880 g/mol. The van der Waals surface area contributed by atoms with Crippen LogP contribution in [0.15, 0.2) is 53.7 Å². The number of ether oxygens (including phenoxy) is 6. The predicted octanol–water partition coefficient (Wildman–Crippen LogP) is 9.53. The van der Waals surface area contributed by atoms with Gasteiger partial charge in [-0.3, -0.25) is 14.7 Å². The van der Waals surface area contributed by atoms with Gasteiger partial charge in [-0.15, -0.1) is 0 Å². The maximum absolute atomic E-state index is 13.5. The lowest BCUT2D eigenvalue weighted by atomic mass is 9.78. The third-order valence-electron chi connectivity index (χ3n) is 14.3. The topological polar surface area (TPSA) is 116 Å². The van der Waals surface area contributed by atoms with Crippen LogP contribution in [0.4, 0.5) is 0 Å². The van der Waals surface area contributed by atoms with E-state index in [0.29, 0.717) is 16.7 Å². The molecule has 0 spiro atoms. The number of piperidine rings is 3. The molecule has 0 unspecified atom stereocenters. The highest BCUT2D eigenvalue weighted by Crippen LogP contribution is 2.41. The first kappa shape index (κ1) is 51.8. The second kappa shape index (κ2) is 19.7. The van der Waals surface area contributed by atoms with Gasteiger partial charge in [-0.05, 0) is 178 Å². The summed E-state index contributed by atoms with van der Waals surface area (Å²) in [4.78, 5) is 47.7. The van der Waals surface area contributed by atoms with Gasteiger partial charge in [-0.25, -0.2) is 14.4 Å². The van der Waals surface area contributed by atoms with Gasteiger partial charge in [0.05, 0.1) is 0 Å². The van der Waals surface area contributed by atoms with E-state index in [1.54, 1.807) is 39.0 Å². The van der Waals surface area contributed by atoms with E-state index in [2.05, 4.69) is 119 Å². The van der Waals surface area contributed by atoms with Crippen LogP contribution in [0, 0.1) is 0 Å². The summed E-state index contributed by atoms with van der Waals surface area (Å²) >= 11 is 0. The molecule has 0 amide bonds. The van der Waals surface area contributed by atoms with Gasteiger partial charge in [0.2, 0.25) is 17.3 Å². The second-order valence-electron chi connectivity index (χ2n) is 21.8. The van der Waals surface area contributed by atoms with Gasteiger partial charge >= 0.3 is 17.9 Å². The van der Waals surface area contributed by atoms with Crippen LogP contribution in [0.1, 0.15) is 159 Å². The Morgan fingerprint density at radius 2 is 0.635 bits per heavy atom. The van der Waals surface area contributed by atoms with Crippen molar-refractivity contribution in [3.63, 3.8) is 0 Å². The smallest absolute Gasteiger partial charge is 0.373 e. The third-order valence-corrected chi connectivity index (χ3v) is 14.3. The van der Waals surface area contributed by atoms with Gasteiger partial charge in [-0.1, -0.05) is 0 Å². The average Bonchev–Trinajstić information content (AvgIpc) is 3.17. The lowest BCUT2D eigenvalue weighted by Gasteiger charge is -2.53. The Labute approximate surface area is 379 Å². The fourth-order valence-electron chi connectivity index (χ4n) is 10.1. The van der Waals surface area contributed by atoms with Gasteiger partial charge in [0, 0.05) is 71.8 Å². The summed E-state index contributed by atoms with van der Waals surface area (Å²) in [7, 11) is 6.38. The van der Waals surface area contributed by atoms with Crippen LogP contribution in [0.3, 0.4) is 0 Å². The lowest BCUT2D eigenvalue weighted by Crippen LogP contribution is -2.60. The SMILES string of the molecule is CC=C(OC1CC(C)(C)N(C)C(C)(C)C1)C(=O)OCc1cc(COC(=O)C(=CC)OC2CC(C)(C)N(C)C(C)(C)C2)cc(COC(=O)C(=CC)OC2CC(C)(C)N(C)C(C)(C)C2)c1. The molecule has 0 atom stereocenters. The molecule has 3 heterocycles. The van der Waals surface area contributed by atoms with Crippen molar-refractivity contribution in [3.05, 3.63) is 70.4 Å². The molecule has 0 aromatic heterocycles. The van der Waals surface area contributed by atoms with Crippen molar-refractivity contribution in [2.75, 3.05) is 21.1 Å². The van der Waals surface area contributed by atoms with E-state index in [0.717, 1.165) is 38.5 Å². The highest BCUT2D eigenvalue weighted by Gasteiger charge is 2.47. The van der Waals surface area contributed by atoms with Crippen molar-refractivity contribution < 1.29 is 42.8 Å². The second-order valence-corrected chi connectivity index (χ2v) is 21.8. The summed E-state index contributed by atoms with van der Waals surface area (Å²) in [6.07, 6.45) is 8.93. The van der Waals surface area contributed by atoms with Gasteiger partial charge in [0.1, 0.15) is 38.1 Å². The lowest BCUT2D eigenvalue weighted by molar-refractivity contribution is -0.148. The molecular formula is C51H81N3O9. The number of hydrogen-bond acceptors (Lipinski definition) is 12. The predicted molar refractivity (Wildman–Crippen MR) is 247 cm³/mol. The molecule has 0 saturated carbocycles. The Morgan fingerprint density at radius 1 is 0.444 bits per heavy atom. The number of hydrogen-bond donors (Lipinski definition) is 0. The van der Waals surface area contributed by atoms with Crippen LogP contribution in [0.2, 0.25) is 0 Å². The van der Waals surface area contributed by atoms with Crippen molar-refractivity contribution >= 4 is 17.9 Å². The van der Waals surface area contributed by atoms with Crippen molar-refractivity contribution in [3.8, 4) is 0 Å². The first-order valence-corrected chi connectivity index (χ1v) is 22.8. The maximum Gasteiger partial charge on any atom is 0.373 e. The van der Waals surface area contributed by atoms with Crippen molar-refractivity contribution in [1.82, 2.24) is 14.7 Å². The number of benzene rings is 1. The maximum atomic E-state index is 13.5. The Kier molecular flexibility index (Phi) is 16.2. The highest BCUT2D eigenvalue weighted by molar-refractivity contribution is 5.87. The fraction of sp³-hybridized carbons (Fsp3) is 0.706. The Balaban J connectivity index is 1.50. The Bertz CT molecular complexity index is 1630. The molecule has 354 valence electrons. The number of allylic oxidation sites excluding steroid dienone is 3. The molecule has 4 rings (SSSR count). The van der Waals surface area contributed by atoms with Gasteiger partial charge in [-0.2, -0.15) is 0 Å². The number of rotatable bonds is 15. The van der Waals surface area contributed by atoms with Gasteiger partial charge in [0.15, 0.2) is 0 Å². The van der Waals surface area contributed by atoms with Crippen molar-refractivity contribution in [1.29, 1.82) is 0 Å². The fourth-order valence-corrected chi connectivity index (χ4v) is 10.1. The van der Waals surface area contributed by atoms with Crippen LogP contribution in [-0.2, 0) is 62.6 Å².